The minimum atomic E-state index is -2.40. The summed E-state index contributed by atoms with van der Waals surface area (Å²) in [7, 11) is 0. The molecule has 0 unspecified atom stereocenters. The molecule has 0 atom stereocenters. The normalized spacial score (nSPS) is 15.3. The highest BCUT2D eigenvalue weighted by Crippen LogP contribution is 2.26. The van der Waals surface area contributed by atoms with E-state index in [-0.39, 0.29) is 0 Å². The number of piperazine rings is 1. The Morgan fingerprint density at radius 1 is 1.00 bits per heavy atom. The highest BCUT2D eigenvalue weighted by atomic mass is 32.2. The van der Waals surface area contributed by atoms with Gasteiger partial charge in [-0.2, -0.15) is 8.78 Å². The van der Waals surface area contributed by atoms with Gasteiger partial charge in [0.2, 0.25) is 0 Å². The zero-order valence-electron chi connectivity index (χ0n) is 14.3. The fourth-order valence-corrected chi connectivity index (χ4v) is 3.67. The first-order valence-electron chi connectivity index (χ1n) is 8.47. The van der Waals surface area contributed by atoms with Crippen LogP contribution in [0.3, 0.4) is 0 Å². The number of hydrogen-bond donors (Lipinski definition) is 1. The number of halogens is 2. The monoisotopic (exact) mass is 393 g/mol. The van der Waals surface area contributed by atoms with Gasteiger partial charge in [-0.3, -0.25) is 4.90 Å². The van der Waals surface area contributed by atoms with Crippen molar-refractivity contribution in [2.24, 2.45) is 0 Å². The van der Waals surface area contributed by atoms with Crippen molar-refractivity contribution in [2.45, 2.75) is 17.2 Å². The smallest absolute Gasteiger partial charge is 0.288 e. The summed E-state index contributed by atoms with van der Waals surface area (Å²) in [6, 6.07) is 17.4. The van der Waals surface area contributed by atoms with E-state index in [2.05, 4.69) is 39.4 Å². The Balaban J connectivity index is 1.46. The van der Waals surface area contributed by atoms with Crippen molar-refractivity contribution in [3.8, 4) is 0 Å². The topological polar surface area (TPSA) is 18.5 Å². The first-order valence-corrected chi connectivity index (χ1v) is 9.76. The molecular weight excluding hydrogens is 372 g/mol. The van der Waals surface area contributed by atoms with Gasteiger partial charge in [0.05, 0.1) is 0 Å². The third-order valence-electron chi connectivity index (χ3n) is 4.24. The van der Waals surface area contributed by atoms with Crippen LogP contribution in [0.25, 0.3) is 0 Å². The van der Waals surface area contributed by atoms with Gasteiger partial charge in [0, 0.05) is 43.3 Å². The molecule has 0 aromatic heterocycles. The van der Waals surface area contributed by atoms with Gasteiger partial charge >= 0.3 is 0 Å². The predicted molar refractivity (Wildman–Crippen MR) is 108 cm³/mol. The molecule has 1 heterocycles. The van der Waals surface area contributed by atoms with E-state index < -0.39 is 5.76 Å². The minimum Gasteiger partial charge on any atom is -0.346 e. The first kappa shape index (κ1) is 19.1. The van der Waals surface area contributed by atoms with E-state index in [1.807, 2.05) is 6.07 Å². The Kier molecular flexibility index (Phi) is 6.82. The lowest BCUT2D eigenvalue weighted by Crippen LogP contribution is -2.49. The Hall–Kier alpha value is -1.70. The van der Waals surface area contributed by atoms with Crippen molar-refractivity contribution in [1.29, 1.82) is 0 Å². The van der Waals surface area contributed by atoms with E-state index in [1.165, 1.54) is 5.56 Å². The molecule has 138 valence electrons. The van der Waals surface area contributed by atoms with Crippen molar-refractivity contribution in [3.63, 3.8) is 0 Å². The van der Waals surface area contributed by atoms with Crippen LogP contribution < -0.4 is 5.32 Å². The molecular formula is C19H21F2N3S2. The largest absolute Gasteiger partial charge is 0.346 e. The molecule has 26 heavy (non-hydrogen) atoms. The lowest BCUT2D eigenvalue weighted by Gasteiger charge is -2.36. The summed E-state index contributed by atoms with van der Waals surface area (Å²) in [5.41, 5.74) is 2.14. The molecule has 0 aliphatic carbocycles. The molecule has 3 rings (SSSR count). The summed E-state index contributed by atoms with van der Waals surface area (Å²) in [6.07, 6.45) is 0. The van der Waals surface area contributed by atoms with Gasteiger partial charge in [0.25, 0.3) is 5.76 Å². The minimum absolute atomic E-state index is 0.545. The Morgan fingerprint density at radius 2 is 1.65 bits per heavy atom. The highest BCUT2D eigenvalue weighted by Gasteiger charge is 2.19. The van der Waals surface area contributed by atoms with Crippen LogP contribution >= 0.6 is 24.0 Å². The summed E-state index contributed by atoms with van der Waals surface area (Å²) in [5.74, 6) is -2.40. The van der Waals surface area contributed by atoms with Crippen LogP contribution in [0.4, 0.5) is 14.5 Å². The molecule has 1 saturated heterocycles. The molecule has 0 bridgehead atoms. The molecule has 3 nitrogen and oxygen atoms in total. The van der Waals surface area contributed by atoms with Crippen molar-refractivity contribution in [1.82, 2.24) is 9.80 Å². The van der Waals surface area contributed by atoms with Crippen molar-refractivity contribution in [2.75, 3.05) is 31.5 Å². The number of nitrogens with one attached hydrogen (secondary N) is 1. The third-order valence-corrected chi connectivity index (χ3v) is 5.32. The van der Waals surface area contributed by atoms with Crippen molar-refractivity contribution >= 4 is 34.8 Å². The van der Waals surface area contributed by atoms with E-state index in [4.69, 9.17) is 12.2 Å². The van der Waals surface area contributed by atoms with Crippen LogP contribution in [0.15, 0.2) is 59.5 Å². The zero-order chi connectivity index (χ0) is 18.4. The Morgan fingerprint density at radius 3 is 2.27 bits per heavy atom. The van der Waals surface area contributed by atoms with Gasteiger partial charge in [0.15, 0.2) is 5.11 Å². The van der Waals surface area contributed by atoms with Crippen molar-refractivity contribution < 1.29 is 8.78 Å². The standard InChI is InChI=1S/C19H21F2N3S2/c20-18(21)26-17-8-6-16(7-9-17)22-19(25)24-12-10-23(11-13-24)14-15-4-2-1-3-5-15/h1-9,18H,10-14H2,(H,22,25). The number of benzene rings is 2. The van der Waals surface area contributed by atoms with Crippen LogP contribution in [0.5, 0.6) is 0 Å². The predicted octanol–water partition coefficient (Wildman–Crippen LogP) is 4.52. The number of thioether (sulfide) groups is 1. The lowest BCUT2D eigenvalue weighted by molar-refractivity contribution is 0.177. The molecule has 7 heteroatoms. The quantitative estimate of drug-likeness (QED) is 0.593. The van der Waals surface area contributed by atoms with E-state index in [9.17, 15) is 8.78 Å². The van der Waals surface area contributed by atoms with Crippen LogP contribution in [-0.4, -0.2) is 46.8 Å². The van der Waals surface area contributed by atoms with Crippen LogP contribution in [0.2, 0.25) is 0 Å². The van der Waals surface area contributed by atoms with E-state index in [0.717, 1.165) is 38.4 Å². The molecule has 2 aromatic rings. The number of anilines is 1. The van der Waals surface area contributed by atoms with E-state index in [0.29, 0.717) is 21.8 Å². The maximum Gasteiger partial charge on any atom is 0.288 e. The second-order valence-electron chi connectivity index (χ2n) is 6.08. The molecule has 1 fully saturated rings. The summed E-state index contributed by atoms with van der Waals surface area (Å²) in [4.78, 5) is 5.12. The van der Waals surface area contributed by atoms with Gasteiger partial charge in [-0.15, -0.1) is 0 Å². The summed E-state index contributed by atoms with van der Waals surface area (Å²) < 4.78 is 24.7. The molecule has 0 spiro atoms. The highest BCUT2D eigenvalue weighted by molar-refractivity contribution is 7.99. The van der Waals surface area contributed by atoms with Gasteiger partial charge in [-0.05, 0) is 42.0 Å². The second kappa shape index (κ2) is 9.30. The van der Waals surface area contributed by atoms with E-state index in [1.54, 1.807) is 24.3 Å². The Bertz CT molecular complexity index is 702. The number of thiocarbonyl (C=S) groups is 1. The fourth-order valence-electron chi connectivity index (χ4n) is 2.87. The molecule has 0 radical (unpaired) electrons. The van der Waals surface area contributed by atoms with Crippen LogP contribution in [-0.2, 0) is 6.54 Å². The Labute approximate surface area is 162 Å². The van der Waals surface area contributed by atoms with Crippen molar-refractivity contribution in [3.05, 3.63) is 60.2 Å². The molecule has 0 amide bonds. The molecule has 0 saturated carbocycles. The maximum absolute atomic E-state index is 12.4. The molecule has 1 N–H and O–H groups in total. The first-order chi connectivity index (χ1) is 12.6. The number of rotatable bonds is 5. The average molecular weight is 394 g/mol. The average Bonchev–Trinajstić information content (AvgIpc) is 2.64. The van der Waals surface area contributed by atoms with Gasteiger partial charge < -0.3 is 10.2 Å². The van der Waals surface area contributed by atoms with E-state index >= 15 is 0 Å². The second-order valence-corrected chi connectivity index (χ2v) is 7.53. The van der Waals surface area contributed by atoms with Gasteiger partial charge in [-0.1, -0.05) is 42.1 Å². The number of alkyl halides is 2. The summed E-state index contributed by atoms with van der Waals surface area (Å²) in [5, 5.41) is 3.88. The molecule has 2 aromatic carbocycles. The van der Waals surface area contributed by atoms with Crippen LogP contribution in [0.1, 0.15) is 5.56 Å². The maximum atomic E-state index is 12.4. The summed E-state index contributed by atoms with van der Waals surface area (Å²) in [6.45, 7) is 4.62. The lowest BCUT2D eigenvalue weighted by atomic mass is 10.2. The van der Waals surface area contributed by atoms with Gasteiger partial charge in [0.1, 0.15) is 0 Å². The van der Waals surface area contributed by atoms with Gasteiger partial charge in [-0.25, -0.2) is 0 Å². The fraction of sp³-hybridized carbons (Fsp3) is 0.316. The summed E-state index contributed by atoms with van der Waals surface area (Å²) >= 11 is 6.04. The number of nitrogens with zero attached hydrogens (tertiary/aromatic N) is 2. The SMILES string of the molecule is FC(F)Sc1ccc(NC(=S)N2CCN(Cc3ccccc3)CC2)cc1. The molecule has 1 aliphatic rings. The third kappa shape index (κ3) is 5.65. The molecule has 1 aliphatic heterocycles. The van der Waals surface area contributed by atoms with Crippen LogP contribution in [0, 0.1) is 0 Å². The zero-order valence-corrected chi connectivity index (χ0v) is 15.9. The number of hydrogen-bond acceptors (Lipinski definition) is 3.